The molecule has 0 bridgehead atoms. The van der Waals surface area contributed by atoms with Crippen LogP contribution in [0.25, 0.3) is 0 Å². The number of thioether (sulfide) groups is 1. The average molecular weight is 445 g/mol. The molecular formula is C27H44N2OS. The number of rotatable bonds is 11. The topological polar surface area (TPSA) is 32.3 Å². The van der Waals surface area contributed by atoms with E-state index in [1.165, 1.54) is 62.9 Å². The maximum absolute atomic E-state index is 12.1. The quantitative estimate of drug-likeness (QED) is 0.393. The number of nitrogens with one attached hydrogen (secondary N) is 1. The molecule has 0 radical (unpaired) electrons. The Labute approximate surface area is 195 Å². The molecule has 0 saturated carbocycles. The average Bonchev–Trinajstić information content (AvgIpc) is 2.75. The van der Waals surface area contributed by atoms with Gasteiger partial charge in [0.2, 0.25) is 0 Å². The van der Waals surface area contributed by atoms with Crippen LogP contribution in [0.1, 0.15) is 82.1 Å². The van der Waals surface area contributed by atoms with Crippen LogP contribution in [0, 0.1) is 11.3 Å². The van der Waals surface area contributed by atoms with Gasteiger partial charge in [-0.15, -0.1) is 0 Å². The van der Waals surface area contributed by atoms with Crippen LogP contribution in [0.3, 0.4) is 0 Å². The number of likely N-dealkylation sites (tertiary alicyclic amines) is 1. The largest absolute Gasteiger partial charge is 0.375 e. The van der Waals surface area contributed by atoms with Crippen molar-refractivity contribution in [3.8, 4) is 0 Å². The molecule has 3 nitrogen and oxygen atoms in total. The van der Waals surface area contributed by atoms with Gasteiger partial charge in [-0.25, -0.2) is 0 Å². The van der Waals surface area contributed by atoms with Crippen molar-refractivity contribution < 1.29 is 4.79 Å². The van der Waals surface area contributed by atoms with Crippen molar-refractivity contribution in [3.63, 3.8) is 0 Å². The zero-order valence-corrected chi connectivity index (χ0v) is 21.3. The number of piperidine rings is 1. The van der Waals surface area contributed by atoms with Crippen LogP contribution in [-0.4, -0.2) is 42.4 Å². The summed E-state index contributed by atoms with van der Waals surface area (Å²) < 4.78 is 0. The lowest BCUT2D eigenvalue weighted by atomic mass is 9.87. The van der Waals surface area contributed by atoms with Gasteiger partial charge in [0.1, 0.15) is 0 Å². The summed E-state index contributed by atoms with van der Waals surface area (Å²) in [5, 5.41) is 2.97. The molecule has 174 valence electrons. The molecule has 4 heteroatoms. The molecule has 1 aliphatic heterocycles. The van der Waals surface area contributed by atoms with Crippen LogP contribution in [0.5, 0.6) is 0 Å². The Balaban J connectivity index is 1.64. The van der Waals surface area contributed by atoms with Crippen LogP contribution in [-0.2, 0) is 6.42 Å². The van der Waals surface area contributed by atoms with E-state index in [1.54, 1.807) is 11.8 Å². The van der Waals surface area contributed by atoms with Gasteiger partial charge < -0.3 is 10.2 Å². The zero-order valence-electron chi connectivity index (χ0n) is 20.5. The van der Waals surface area contributed by atoms with Crippen LogP contribution >= 0.6 is 11.8 Å². The highest BCUT2D eigenvalue weighted by Gasteiger charge is 2.22. The molecule has 0 aromatic heterocycles. The normalized spacial score (nSPS) is 15.9. The lowest BCUT2D eigenvalue weighted by Crippen LogP contribution is -2.34. The highest BCUT2D eigenvalue weighted by molar-refractivity contribution is 7.98. The Morgan fingerprint density at radius 1 is 1.16 bits per heavy atom. The number of allylic oxidation sites excluding steroid dienone is 2. The van der Waals surface area contributed by atoms with Gasteiger partial charge >= 0.3 is 0 Å². The van der Waals surface area contributed by atoms with Gasteiger partial charge in [0.25, 0.3) is 5.91 Å². The van der Waals surface area contributed by atoms with Crippen LogP contribution in [0.4, 0.5) is 0 Å². The minimum Gasteiger partial charge on any atom is -0.375 e. The first-order valence-electron chi connectivity index (χ1n) is 12.1. The highest BCUT2D eigenvalue weighted by Crippen LogP contribution is 2.30. The molecule has 1 fully saturated rings. The van der Waals surface area contributed by atoms with E-state index < -0.39 is 0 Å². The van der Waals surface area contributed by atoms with E-state index in [0.29, 0.717) is 5.41 Å². The van der Waals surface area contributed by atoms with E-state index in [1.807, 2.05) is 12.1 Å². The fourth-order valence-electron chi connectivity index (χ4n) is 4.40. The zero-order chi connectivity index (χ0) is 22.7. The summed E-state index contributed by atoms with van der Waals surface area (Å²) in [6, 6.07) is 8.18. The summed E-state index contributed by atoms with van der Waals surface area (Å²) in [5.41, 5.74) is 4.00. The van der Waals surface area contributed by atoms with Crippen molar-refractivity contribution in [1.29, 1.82) is 0 Å². The summed E-state index contributed by atoms with van der Waals surface area (Å²) in [6.07, 6.45) is 13.2. The van der Waals surface area contributed by atoms with Crippen LogP contribution < -0.4 is 5.32 Å². The number of hydrogen-bond acceptors (Lipinski definition) is 3. The predicted octanol–water partition coefficient (Wildman–Crippen LogP) is 6.54. The molecule has 1 saturated heterocycles. The number of nitrogens with zero attached hydrogens (tertiary/aromatic N) is 1. The Morgan fingerprint density at radius 3 is 2.42 bits per heavy atom. The highest BCUT2D eigenvalue weighted by atomic mass is 32.2. The van der Waals surface area contributed by atoms with Gasteiger partial charge in [-0.1, -0.05) is 51.8 Å². The number of carbonyl (C=O) groups excluding carboxylic acids is 1. The van der Waals surface area contributed by atoms with Crippen LogP contribution in [0.2, 0.25) is 0 Å². The molecule has 0 aliphatic carbocycles. The molecule has 0 spiro atoms. The van der Waals surface area contributed by atoms with Gasteiger partial charge in [-0.2, -0.15) is 11.8 Å². The molecule has 1 aromatic rings. The predicted molar refractivity (Wildman–Crippen MR) is 137 cm³/mol. The Kier molecular flexibility index (Phi) is 11.0. The summed E-state index contributed by atoms with van der Waals surface area (Å²) in [4.78, 5) is 14.7. The SMILES string of the molecule is C/C=C(/CC(C)(C)C)N1CCC(CCCCc2ccc(C(=O)NCCSC)cc2)CC1. The van der Waals surface area contributed by atoms with Crippen molar-refractivity contribution in [1.82, 2.24) is 10.2 Å². The number of benzene rings is 1. The third kappa shape index (κ3) is 9.72. The van der Waals surface area contributed by atoms with E-state index >= 15 is 0 Å². The first kappa shape index (κ1) is 25.8. The third-order valence-electron chi connectivity index (χ3n) is 6.20. The molecule has 1 N–H and O–H groups in total. The maximum Gasteiger partial charge on any atom is 0.251 e. The smallest absolute Gasteiger partial charge is 0.251 e. The molecule has 31 heavy (non-hydrogen) atoms. The monoisotopic (exact) mass is 444 g/mol. The van der Waals surface area contributed by atoms with Crippen molar-refractivity contribution >= 4 is 17.7 Å². The molecule has 1 aromatic carbocycles. The number of aryl methyl sites for hydroxylation is 1. The van der Waals surface area contributed by atoms with Gasteiger partial charge in [-0.05, 0) is 74.3 Å². The Morgan fingerprint density at radius 2 is 1.84 bits per heavy atom. The number of carbonyl (C=O) groups is 1. The molecular weight excluding hydrogens is 400 g/mol. The summed E-state index contributed by atoms with van der Waals surface area (Å²) in [5.74, 6) is 1.88. The van der Waals surface area contributed by atoms with E-state index in [2.05, 4.69) is 62.4 Å². The Bertz CT molecular complexity index is 682. The second-order valence-electron chi connectivity index (χ2n) is 10.1. The molecule has 0 unspecified atom stereocenters. The molecule has 1 aliphatic rings. The van der Waals surface area contributed by atoms with Crippen molar-refractivity contribution in [2.24, 2.45) is 11.3 Å². The van der Waals surface area contributed by atoms with Gasteiger partial charge in [0.15, 0.2) is 0 Å². The fraction of sp³-hybridized carbons (Fsp3) is 0.667. The number of hydrogen-bond donors (Lipinski definition) is 1. The second-order valence-corrected chi connectivity index (χ2v) is 11.1. The van der Waals surface area contributed by atoms with E-state index in [-0.39, 0.29) is 5.91 Å². The lowest BCUT2D eigenvalue weighted by molar-refractivity contribution is 0.0956. The van der Waals surface area contributed by atoms with Crippen molar-refractivity contribution in [2.45, 2.75) is 72.6 Å². The molecule has 2 rings (SSSR count). The molecule has 1 amide bonds. The van der Waals surface area contributed by atoms with E-state index in [4.69, 9.17) is 0 Å². The van der Waals surface area contributed by atoms with E-state index in [9.17, 15) is 4.79 Å². The minimum absolute atomic E-state index is 0.0375. The standard InChI is InChI=1S/C27H44N2OS/c1-6-25(21-27(2,3)4)29-18-15-23(16-19-29)10-8-7-9-22-11-13-24(14-12-22)26(30)28-17-20-31-5/h6,11-14,23H,7-10,15-21H2,1-5H3,(H,28,30)/b25-6-. The first-order chi connectivity index (χ1) is 14.8. The van der Waals surface area contributed by atoms with Crippen molar-refractivity contribution in [3.05, 3.63) is 47.2 Å². The minimum atomic E-state index is 0.0375. The summed E-state index contributed by atoms with van der Waals surface area (Å²) in [6.45, 7) is 12.4. The van der Waals surface area contributed by atoms with Gasteiger partial charge in [-0.3, -0.25) is 4.79 Å². The summed E-state index contributed by atoms with van der Waals surface area (Å²) in [7, 11) is 0. The van der Waals surface area contributed by atoms with Crippen LogP contribution in [0.15, 0.2) is 36.0 Å². The Hall–Kier alpha value is -1.42. The lowest BCUT2D eigenvalue weighted by Gasteiger charge is -2.37. The summed E-state index contributed by atoms with van der Waals surface area (Å²) >= 11 is 1.75. The third-order valence-corrected chi connectivity index (χ3v) is 6.81. The van der Waals surface area contributed by atoms with Gasteiger partial charge in [0.05, 0.1) is 0 Å². The van der Waals surface area contributed by atoms with E-state index in [0.717, 1.165) is 30.2 Å². The molecule has 0 atom stereocenters. The number of unbranched alkanes of at least 4 members (excludes halogenated alkanes) is 1. The number of amides is 1. The molecule has 1 heterocycles. The second kappa shape index (κ2) is 13.2. The first-order valence-corrected chi connectivity index (χ1v) is 13.5. The van der Waals surface area contributed by atoms with Gasteiger partial charge in [0, 0.05) is 36.6 Å². The maximum atomic E-state index is 12.1. The fourth-order valence-corrected chi connectivity index (χ4v) is 4.71. The van der Waals surface area contributed by atoms with Crippen molar-refractivity contribution in [2.75, 3.05) is 31.6 Å².